The summed E-state index contributed by atoms with van der Waals surface area (Å²) in [6.45, 7) is 6.13. The summed E-state index contributed by atoms with van der Waals surface area (Å²) in [5.41, 5.74) is 0. The molecule has 0 saturated carbocycles. The minimum Gasteiger partial charge on any atom is -0.281 e. The minimum atomic E-state index is -0.0799. The number of hydrazine groups is 1. The molecule has 3 nitrogen and oxygen atoms in total. The van der Waals surface area contributed by atoms with E-state index in [4.69, 9.17) is 5.84 Å². The van der Waals surface area contributed by atoms with Crippen LogP contribution in [0.3, 0.4) is 0 Å². The molecule has 0 fully saturated rings. The summed E-state index contributed by atoms with van der Waals surface area (Å²) in [5.74, 6) is 5.66. The Balaban J connectivity index is 3.50. The van der Waals surface area contributed by atoms with E-state index in [9.17, 15) is 4.79 Å². The maximum atomic E-state index is 10.5. The van der Waals surface area contributed by atoms with Crippen molar-refractivity contribution in [1.29, 1.82) is 0 Å². The van der Waals surface area contributed by atoms with Gasteiger partial charge in [0.2, 0.25) is 5.91 Å². The SMILES string of the molecule is CC(=O)N(N)CC(C)C. The molecule has 0 aliphatic rings. The van der Waals surface area contributed by atoms with Crippen LogP contribution in [-0.4, -0.2) is 17.5 Å². The maximum Gasteiger partial charge on any atom is 0.233 e. The van der Waals surface area contributed by atoms with Gasteiger partial charge in [-0.2, -0.15) is 0 Å². The van der Waals surface area contributed by atoms with Crippen LogP contribution in [0.4, 0.5) is 0 Å². The summed E-state index contributed by atoms with van der Waals surface area (Å²) in [6, 6.07) is 0. The fourth-order valence-electron chi connectivity index (χ4n) is 0.522. The highest BCUT2D eigenvalue weighted by atomic mass is 16.2. The molecule has 0 atom stereocenters. The van der Waals surface area contributed by atoms with Gasteiger partial charge in [-0.1, -0.05) is 13.8 Å². The molecule has 0 aliphatic heterocycles. The summed E-state index contributed by atoms with van der Waals surface area (Å²) < 4.78 is 0. The van der Waals surface area contributed by atoms with Crippen LogP contribution in [0.5, 0.6) is 0 Å². The Hall–Kier alpha value is -0.570. The highest BCUT2D eigenvalue weighted by Crippen LogP contribution is 1.92. The van der Waals surface area contributed by atoms with Crippen LogP contribution in [0, 0.1) is 5.92 Å². The second kappa shape index (κ2) is 3.45. The first-order valence-corrected chi connectivity index (χ1v) is 3.07. The number of hydrogen-bond acceptors (Lipinski definition) is 2. The largest absolute Gasteiger partial charge is 0.281 e. The molecule has 0 saturated heterocycles. The van der Waals surface area contributed by atoms with Crippen LogP contribution in [0.15, 0.2) is 0 Å². The lowest BCUT2D eigenvalue weighted by Crippen LogP contribution is -2.38. The van der Waals surface area contributed by atoms with E-state index in [1.54, 1.807) is 0 Å². The van der Waals surface area contributed by atoms with Crippen molar-refractivity contribution in [2.24, 2.45) is 11.8 Å². The van der Waals surface area contributed by atoms with Crippen LogP contribution < -0.4 is 5.84 Å². The number of carbonyl (C=O) groups is 1. The Kier molecular flexibility index (Phi) is 3.24. The lowest BCUT2D eigenvalue weighted by Gasteiger charge is -2.15. The highest BCUT2D eigenvalue weighted by Gasteiger charge is 2.03. The summed E-state index contributed by atoms with van der Waals surface area (Å²) >= 11 is 0. The highest BCUT2D eigenvalue weighted by molar-refractivity contribution is 5.72. The van der Waals surface area contributed by atoms with Crippen LogP contribution in [0.25, 0.3) is 0 Å². The smallest absolute Gasteiger partial charge is 0.233 e. The molecule has 2 N–H and O–H groups in total. The fraction of sp³-hybridized carbons (Fsp3) is 0.833. The van der Waals surface area contributed by atoms with E-state index < -0.39 is 0 Å². The van der Waals surface area contributed by atoms with E-state index in [-0.39, 0.29) is 5.91 Å². The molecule has 0 unspecified atom stereocenters. The van der Waals surface area contributed by atoms with Crippen LogP contribution in [-0.2, 0) is 4.79 Å². The molecule has 0 heterocycles. The molecule has 0 aromatic heterocycles. The van der Waals surface area contributed by atoms with Gasteiger partial charge in [-0.25, -0.2) is 5.84 Å². The predicted octanol–water partition coefficient (Wildman–Crippen LogP) is 0.365. The van der Waals surface area contributed by atoms with Gasteiger partial charge in [0.05, 0.1) is 0 Å². The number of rotatable bonds is 2. The maximum absolute atomic E-state index is 10.5. The van der Waals surface area contributed by atoms with Crippen molar-refractivity contribution < 1.29 is 4.79 Å². The van der Waals surface area contributed by atoms with E-state index in [1.807, 2.05) is 13.8 Å². The predicted molar refractivity (Wildman–Crippen MR) is 36.4 cm³/mol. The average Bonchev–Trinajstić information content (AvgIpc) is 1.63. The Morgan fingerprint density at radius 3 is 2.22 bits per heavy atom. The Labute approximate surface area is 55.8 Å². The van der Waals surface area contributed by atoms with E-state index in [0.29, 0.717) is 12.5 Å². The summed E-state index contributed by atoms with van der Waals surface area (Å²) in [6.07, 6.45) is 0. The molecule has 0 bridgehead atoms. The second-order valence-electron chi connectivity index (χ2n) is 2.57. The van der Waals surface area contributed by atoms with Gasteiger partial charge < -0.3 is 0 Å². The van der Waals surface area contributed by atoms with Gasteiger partial charge in [0.25, 0.3) is 0 Å². The quantitative estimate of drug-likeness (QED) is 0.333. The van der Waals surface area contributed by atoms with E-state index in [0.717, 1.165) is 0 Å². The van der Waals surface area contributed by atoms with Gasteiger partial charge >= 0.3 is 0 Å². The molecule has 3 heteroatoms. The summed E-state index contributed by atoms with van der Waals surface area (Å²) in [4.78, 5) is 10.5. The molecule has 1 amide bonds. The van der Waals surface area contributed by atoms with E-state index in [1.165, 1.54) is 11.9 Å². The third-order valence-electron chi connectivity index (χ3n) is 0.966. The third-order valence-corrected chi connectivity index (χ3v) is 0.966. The number of nitrogens with two attached hydrogens (primary N) is 1. The number of carbonyl (C=O) groups excluding carboxylic acids is 1. The van der Waals surface area contributed by atoms with Crippen LogP contribution in [0.2, 0.25) is 0 Å². The van der Waals surface area contributed by atoms with E-state index >= 15 is 0 Å². The number of hydrogen-bond donors (Lipinski definition) is 1. The fourth-order valence-corrected chi connectivity index (χ4v) is 0.522. The van der Waals surface area contributed by atoms with Gasteiger partial charge in [0, 0.05) is 13.5 Å². The molecule has 54 valence electrons. The van der Waals surface area contributed by atoms with Crippen molar-refractivity contribution in [3.63, 3.8) is 0 Å². The molecule has 0 aliphatic carbocycles. The van der Waals surface area contributed by atoms with Crippen molar-refractivity contribution in [3.8, 4) is 0 Å². The lowest BCUT2D eigenvalue weighted by molar-refractivity contribution is -0.129. The molecule has 0 aromatic carbocycles. The van der Waals surface area contributed by atoms with Gasteiger partial charge in [-0.3, -0.25) is 9.80 Å². The van der Waals surface area contributed by atoms with Crippen molar-refractivity contribution in [2.45, 2.75) is 20.8 Å². The van der Waals surface area contributed by atoms with Gasteiger partial charge in [0.1, 0.15) is 0 Å². The van der Waals surface area contributed by atoms with Crippen molar-refractivity contribution in [1.82, 2.24) is 5.01 Å². The van der Waals surface area contributed by atoms with Crippen molar-refractivity contribution in [3.05, 3.63) is 0 Å². The average molecular weight is 130 g/mol. The zero-order chi connectivity index (χ0) is 7.44. The number of nitrogens with zero attached hydrogens (tertiary/aromatic N) is 1. The lowest BCUT2D eigenvalue weighted by atomic mass is 10.2. The first-order valence-electron chi connectivity index (χ1n) is 3.07. The Morgan fingerprint density at radius 1 is 1.67 bits per heavy atom. The first-order chi connectivity index (χ1) is 4.04. The number of amides is 1. The van der Waals surface area contributed by atoms with Gasteiger partial charge in [-0.05, 0) is 5.92 Å². The second-order valence-corrected chi connectivity index (χ2v) is 2.57. The van der Waals surface area contributed by atoms with Crippen LogP contribution >= 0.6 is 0 Å². The molecule has 0 aromatic rings. The Bertz CT molecular complexity index is 101. The first kappa shape index (κ1) is 8.43. The normalized spacial score (nSPS) is 9.89. The molecule has 0 rings (SSSR count). The van der Waals surface area contributed by atoms with Crippen molar-refractivity contribution >= 4 is 5.91 Å². The molecular weight excluding hydrogens is 116 g/mol. The zero-order valence-corrected chi connectivity index (χ0v) is 6.22. The van der Waals surface area contributed by atoms with E-state index in [2.05, 4.69) is 0 Å². The zero-order valence-electron chi connectivity index (χ0n) is 6.22. The summed E-state index contributed by atoms with van der Waals surface area (Å²) in [7, 11) is 0. The molecule has 9 heavy (non-hydrogen) atoms. The molecular formula is C6H14N2O. The minimum absolute atomic E-state index is 0.0799. The monoisotopic (exact) mass is 130 g/mol. The van der Waals surface area contributed by atoms with Crippen molar-refractivity contribution in [2.75, 3.05) is 6.54 Å². The standard InChI is InChI=1S/C6H14N2O/c1-5(2)4-8(7)6(3)9/h5H,4,7H2,1-3H3. The van der Waals surface area contributed by atoms with Gasteiger partial charge in [-0.15, -0.1) is 0 Å². The van der Waals surface area contributed by atoms with Crippen LogP contribution in [0.1, 0.15) is 20.8 Å². The Morgan fingerprint density at radius 2 is 2.11 bits per heavy atom. The van der Waals surface area contributed by atoms with Gasteiger partial charge in [0.15, 0.2) is 0 Å². The molecule has 0 radical (unpaired) electrons. The molecule has 0 spiro atoms. The topological polar surface area (TPSA) is 46.3 Å². The third kappa shape index (κ3) is 3.97. The summed E-state index contributed by atoms with van der Waals surface area (Å²) in [5, 5.41) is 1.23.